The van der Waals surface area contributed by atoms with Crippen LogP contribution in [0.15, 0.2) is 18.2 Å². The van der Waals surface area contributed by atoms with Crippen molar-refractivity contribution in [1.82, 2.24) is 10.2 Å². The number of rotatable bonds is 2. The molecule has 5 heteroatoms. The minimum Gasteiger partial charge on any atom is -0.399 e. The molecule has 0 atom stereocenters. The van der Waals surface area contributed by atoms with E-state index in [2.05, 4.69) is 5.32 Å². The van der Waals surface area contributed by atoms with Gasteiger partial charge in [-0.3, -0.25) is 9.59 Å². The molecule has 0 aliphatic rings. The Morgan fingerprint density at radius 3 is 2.06 bits per heavy atom. The van der Waals surface area contributed by atoms with Crippen LogP contribution in [0.3, 0.4) is 0 Å². The van der Waals surface area contributed by atoms with E-state index in [1.807, 2.05) is 13.8 Å². The van der Waals surface area contributed by atoms with E-state index in [4.69, 9.17) is 5.73 Å². The van der Waals surface area contributed by atoms with E-state index in [-0.39, 0.29) is 11.8 Å². The second-order valence-electron chi connectivity index (χ2n) is 3.62. The minimum absolute atomic E-state index is 0.183. The number of nitrogens with one attached hydrogen (secondary N) is 1. The van der Waals surface area contributed by atoms with Crippen molar-refractivity contribution in [2.24, 2.45) is 0 Å². The van der Waals surface area contributed by atoms with Crippen LogP contribution in [0.25, 0.3) is 0 Å². The molecule has 18 heavy (non-hydrogen) atoms. The third-order valence-corrected chi connectivity index (χ3v) is 2.10. The van der Waals surface area contributed by atoms with Gasteiger partial charge in [-0.25, -0.2) is 0 Å². The smallest absolute Gasteiger partial charge is 0.253 e. The summed E-state index contributed by atoms with van der Waals surface area (Å²) in [6, 6.07) is 4.61. The van der Waals surface area contributed by atoms with Gasteiger partial charge >= 0.3 is 0 Å². The Kier molecular flexibility index (Phi) is 6.49. The van der Waals surface area contributed by atoms with E-state index in [1.54, 1.807) is 20.2 Å². The number of benzene rings is 1. The molecule has 1 aromatic rings. The summed E-state index contributed by atoms with van der Waals surface area (Å²) in [4.78, 5) is 24.6. The van der Waals surface area contributed by atoms with Gasteiger partial charge in [0.15, 0.2) is 0 Å². The van der Waals surface area contributed by atoms with Gasteiger partial charge in [-0.05, 0) is 18.2 Å². The van der Waals surface area contributed by atoms with E-state index in [9.17, 15) is 9.59 Å². The fourth-order valence-corrected chi connectivity index (χ4v) is 1.31. The molecule has 1 rings (SSSR count). The average Bonchev–Trinajstić information content (AvgIpc) is 2.38. The Balaban J connectivity index is 0.00000137. The lowest BCUT2D eigenvalue weighted by Crippen LogP contribution is -2.23. The highest BCUT2D eigenvalue weighted by molar-refractivity contribution is 6.00. The Morgan fingerprint density at radius 1 is 1.11 bits per heavy atom. The number of carbonyl (C=O) groups is 2. The van der Waals surface area contributed by atoms with E-state index >= 15 is 0 Å². The zero-order valence-corrected chi connectivity index (χ0v) is 11.6. The van der Waals surface area contributed by atoms with Gasteiger partial charge in [0, 0.05) is 38.0 Å². The molecular formula is C13H21N3O2. The van der Waals surface area contributed by atoms with Crippen LogP contribution < -0.4 is 11.1 Å². The van der Waals surface area contributed by atoms with Crippen LogP contribution in [-0.4, -0.2) is 37.9 Å². The van der Waals surface area contributed by atoms with E-state index in [1.165, 1.54) is 24.1 Å². The second-order valence-corrected chi connectivity index (χ2v) is 3.62. The molecule has 0 aliphatic carbocycles. The molecule has 0 aromatic heterocycles. The number of anilines is 1. The number of nitrogens with zero attached hydrogens (tertiary/aromatic N) is 1. The van der Waals surface area contributed by atoms with Crippen molar-refractivity contribution in [2.45, 2.75) is 13.8 Å². The van der Waals surface area contributed by atoms with Gasteiger partial charge in [-0.1, -0.05) is 13.8 Å². The lowest BCUT2D eigenvalue weighted by molar-refractivity contribution is 0.0827. The number of nitrogen functional groups attached to an aromatic ring is 1. The lowest BCUT2D eigenvalue weighted by atomic mass is 10.1. The third-order valence-electron chi connectivity index (χ3n) is 2.10. The normalized spacial score (nSPS) is 8.94. The summed E-state index contributed by atoms with van der Waals surface area (Å²) in [6.07, 6.45) is 0. The summed E-state index contributed by atoms with van der Waals surface area (Å²) in [5, 5.41) is 2.48. The van der Waals surface area contributed by atoms with Crippen LogP contribution in [0.5, 0.6) is 0 Å². The molecule has 0 fully saturated rings. The number of hydrogen-bond donors (Lipinski definition) is 2. The third kappa shape index (κ3) is 4.08. The minimum atomic E-state index is -0.264. The average molecular weight is 251 g/mol. The quantitative estimate of drug-likeness (QED) is 0.779. The van der Waals surface area contributed by atoms with Crippen molar-refractivity contribution in [3.8, 4) is 0 Å². The Labute approximate surface area is 108 Å². The predicted molar refractivity (Wildman–Crippen MR) is 73.6 cm³/mol. The van der Waals surface area contributed by atoms with E-state index in [0.29, 0.717) is 16.8 Å². The molecule has 0 radical (unpaired) electrons. The Bertz CT molecular complexity index is 428. The highest BCUT2D eigenvalue weighted by Gasteiger charge is 2.12. The van der Waals surface area contributed by atoms with E-state index in [0.717, 1.165) is 0 Å². The van der Waals surface area contributed by atoms with Crippen molar-refractivity contribution in [1.29, 1.82) is 0 Å². The highest BCUT2D eigenvalue weighted by Crippen LogP contribution is 2.13. The maximum Gasteiger partial charge on any atom is 0.253 e. The standard InChI is InChI=1S/C11H15N3O2.C2H6/c1-13-10(15)7-4-8(6-9(12)5-7)11(16)14(2)3;1-2/h4-6H,12H2,1-3H3,(H,13,15);1-2H3. The number of carbonyl (C=O) groups excluding carboxylic acids is 2. The molecule has 5 nitrogen and oxygen atoms in total. The first-order valence-corrected chi connectivity index (χ1v) is 5.80. The van der Waals surface area contributed by atoms with Crippen LogP contribution in [0, 0.1) is 0 Å². The van der Waals surface area contributed by atoms with Gasteiger partial charge in [0.05, 0.1) is 0 Å². The van der Waals surface area contributed by atoms with E-state index < -0.39 is 0 Å². The molecule has 3 N–H and O–H groups in total. The fourth-order valence-electron chi connectivity index (χ4n) is 1.31. The summed E-state index contributed by atoms with van der Waals surface area (Å²) in [7, 11) is 4.81. The van der Waals surface area contributed by atoms with Crippen molar-refractivity contribution in [3.63, 3.8) is 0 Å². The molecule has 0 aliphatic heterocycles. The fraction of sp³-hybridized carbons (Fsp3) is 0.385. The van der Waals surface area contributed by atoms with Crippen LogP contribution in [0.4, 0.5) is 5.69 Å². The number of amides is 2. The molecule has 2 amide bonds. The maximum atomic E-state index is 11.7. The van der Waals surface area contributed by atoms with Crippen LogP contribution in [0.2, 0.25) is 0 Å². The Hall–Kier alpha value is -2.04. The van der Waals surface area contributed by atoms with Crippen LogP contribution in [-0.2, 0) is 0 Å². The maximum absolute atomic E-state index is 11.7. The number of hydrogen-bond acceptors (Lipinski definition) is 3. The van der Waals surface area contributed by atoms with Gasteiger partial charge < -0.3 is 16.0 Å². The predicted octanol–water partition coefficient (Wildman–Crippen LogP) is 1.36. The summed E-state index contributed by atoms with van der Waals surface area (Å²) in [5.41, 5.74) is 6.82. The first-order chi connectivity index (χ1) is 8.45. The van der Waals surface area contributed by atoms with Crippen molar-refractivity contribution >= 4 is 17.5 Å². The topological polar surface area (TPSA) is 75.4 Å². The molecule has 0 spiro atoms. The first-order valence-electron chi connectivity index (χ1n) is 5.80. The first kappa shape index (κ1) is 16.0. The molecule has 0 saturated carbocycles. The SMILES string of the molecule is CC.CNC(=O)c1cc(N)cc(C(=O)N(C)C)c1. The zero-order chi connectivity index (χ0) is 14.3. The van der Waals surface area contributed by atoms with Gasteiger partial charge in [0.2, 0.25) is 0 Å². The van der Waals surface area contributed by atoms with Crippen LogP contribution in [0.1, 0.15) is 34.6 Å². The summed E-state index contributed by atoms with van der Waals surface area (Å²) in [6.45, 7) is 4.00. The molecule has 0 saturated heterocycles. The van der Waals surface area contributed by atoms with Crippen molar-refractivity contribution in [2.75, 3.05) is 26.9 Å². The van der Waals surface area contributed by atoms with Gasteiger partial charge in [0.25, 0.3) is 11.8 Å². The molecule has 1 aromatic carbocycles. The number of nitrogens with two attached hydrogens (primary N) is 1. The summed E-state index contributed by atoms with van der Waals surface area (Å²) in [5.74, 6) is -0.447. The lowest BCUT2D eigenvalue weighted by Gasteiger charge is -2.11. The second kappa shape index (κ2) is 7.32. The monoisotopic (exact) mass is 251 g/mol. The van der Waals surface area contributed by atoms with Crippen molar-refractivity contribution in [3.05, 3.63) is 29.3 Å². The van der Waals surface area contributed by atoms with Gasteiger partial charge in [-0.15, -0.1) is 0 Å². The Morgan fingerprint density at radius 2 is 1.61 bits per heavy atom. The van der Waals surface area contributed by atoms with Gasteiger partial charge in [0.1, 0.15) is 0 Å². The summed E-state index contributed by atoms with van der Waals surface area (Å²) >= 11 is 0. The molecule has 0 heterocycles. The van der Waals surface area contributed by atoms with Crippen molar-refractivity contribution < 1.29 is 9.59 Å². The molecule has 0 unspecified atom stereocenters. The molecule has 0 bridgehead atoms. The van der Waals surface area contributed by atoms with Crippen LogP contribution >= 0.6 is 0 Å². The van der Waals surface area contributed by atoms with Gasteiger partial charge in [-0.2, -0.15) is 0 Å². The summed E-state index contributed by atoms with van der Waals surface area (Å²) < 4.78 is 0. The highest BCUT2D eigenvalue weighted by atomic mass is 16.2. The zero-order valence-electron chi connectivity index (χ0n) is 11.6. The molecular weight excluding hydrogens is 230 g/mol. The molecule has 100 valence electrons. The largest absolute Gasteiger partial charge is 0.399 e.